The Morgan fingerprint density at radius 3 is 2.38 bits per heavy atom. The molecule has 132 valence electrons. The van der Waals surface area contributed by atoms with Gasteiger partial charge in [-0.25, -0.2) is 5.01 Å². The monoisotopic (exact) mass is 349 g/mol. The molecule has 2 aliphatic rings. The number of benzene rings is 2. The number of hydrogen-bond donors (Lipinski definition) is 1. The van der Waals surface area contributed by atoms with Gasteiger partial charge in [-0.3, -0.25) is 15.0 Å². The molecule has 2 fully saturated rings. The summed E-state index contributed by atoms with van der Waals surface area (Å²) < 4.78 is 5.41. The van der Waals surface area contributed by atoms with Crippen molar-refractivity contribution in [2.75, 3.05) is 36.2 Å². The van der Waals surface area contributed by atoms with Crippen LogP contribution in [-0.4, -0.2) is 38.1 Å². The van der Waals surface area contributed by atoms with E-state index in [4.69, 9.17) is 4.74 Å². The van der Waals surface area contributed by atoms with Gasteiger partial charge in [-0.15, -0.1) is 0 Å². The Morgan fingerprint density at radius 2 is 1.62 bits per heavy atom. The van der Waals surface area contributed by atoms with Crippen molar-refractivity contribution in [3.63, 3.8) is 0 Å². The van der Waals surface area contributed by atoms with Crippen LogP contribution in [0.2, 0.25) is 0 Å². The molecule has 0 atom stereocenters. The summed E-state index contributed by atoms with van der Waals surface area (Å²) in [6.45, 7) is 2.92. The molecule has 2 aliphatic heterocycles. The van der Waals surface area contributed by atoms with E-state index in [2.05, 4.69) is 10.3 Å². The van der Waals surface area contributed by atoms with Crippen molar-refractivity contribution in [2.24, 2.45) is 0 Å². The minimum atomic E-state index is -0.393. The zero-order valence-electron chi connectivity index (χ0n) is 14.2. The van der Waals surface area contributed by atoms with Crippen LogP contribution in [0, 0.1) is 0 Å². The molecule has 6 heteroatoms. The molecule has 0 radical (unpaired) electrons. The van der Waals surface area contributed by atoms with E-state index in [9.17, 15) is 9.59 Å². The van der Waals surface area contributed by atoms with Gasteiger partial charge in [-0.2, -0.15) is 0 Å². The highest BCUT2D eigenvalue weighted by Crippen LogP contribution is 2.26. The second-order valence-corrected chi connectivity index (χ2v) is 6.13. The van der Waals surface area contributed by atoms with E-state index in [1.54, 1.807) is 18.2 Å². The van der Waals surface area contributed by atoms with Crippen LogP contribution in [0.25, 0.3) is 6.08 Å². The summed E-state index contributed by atoms with van der Waals surface area (Å²) in [6.07, 6.45) is 1.67. The van der Waals surface area contributed by atoms with Crippen LogP contribution in [0.1, 0.15) is 5.56 Å². The van der Waals surface area contributed by atoms with Crippen molar-refractivity contribution >= 4 is 29.3 Å². The number of morpholine rings is 1. The smallest absolute Gasteiger partial charge is 0.282 e. The van der Waals surface area contributed by atoms with Crippen LogP contribution in [0.4, 0.5) is 11.4 Å². The molecular weight excluding hydrogens is 330 g/mol. The maximum absolute atomic E-state index is 12.7. The van der Waals surface area contributed by atoms with Crippen molar-refractivity contribution in [2.45, 2.75) is 0 Å². The molecule has 2 aromatic carbocycles. The maximum atomic E-state index is 12.7. The molecule has 0 spiro atoms. The van der Waals surface area contributed by atoms with Crippen LogP contribution in [0.5, 0.6) is 0 Å². The van der Waals surface area contributed by atoms with Crippen molar-refractivity contribution in [1.29, 1.82) is 0 Å². The summed E-state index contributed by atoms with van der Waals surface area (Å²) in [7, 11) is 0. The number of para-hydroxylation sites is 2. The average molecular weight is 349 g/mol. The Balaban J connectivity index is 1.66. The molecule has 1 N–H and O–H groups in total. The predicted molar refractivity (Wildman–Crippen MR) is 99.5 cm³/mol. The summed E-state index contributed by atoms with van der Waals surface area (Å²) in [5, 5.41) is 1.28. The Morgan fingerprint density at radius 1 is 0.923 bits per heavy atom. The first-order valence-electron chi connectivity index (χ1n) is 8.58. The summed E-state index contributed by atoms with van der Waals surface area (Å²) in [5.41, 5.74) is 5.25. The average Bonchev–Trinajstić information content (AvgIpc) is 2.98. The van der Waals surface area contributed by atoms with Crippen LogP contribution < -0.4 is 15.3 Å². The summed E-state index contributed by atoms with van der Waals surface area (Å²) in [4.78, 5) is 27.3. The van der Waals surface area contributed by atoms with E-state index >= 15 is 0 Å². The highest BCUT2D eigenvalue weighted by atomic mass is 16.5. The number of carbonyl (C=O) groups is 2. The third-order valence-corrected chi connectivity index (χ3v) is 4.49. The number of carbonyl (C=O) groups excluding carboxylic acids is 2. The molecule has 2 heterocycles. The van der Waals surface area contributed by atoms with Crippen molar-refractivity contribution < 1.29 is 14.3 Å². The molecule has 4 rings (SSSR count). The maximum Gasteiger partial charge on any atom is 0.282 e. The zero-order valence-corrected chi connectivity index (χ0v) is 14.2. The SMILES string of the molecule is O=C1NN(c2ccccc2)C(=O)/C1=C/c1ccccc1N1CCOCC1. The summed E-state index contributed by atoms with van der Waals surface area (Å²) >= 11 is 0. The predicted octanol–water partition coefficient (Wildman–Crippen LogP) is 1.98. The lowest BCUT2D eigenvalue weighted by Gasteiger charge is -2.30. The largest absolute Gasteiger partial charge is 0.378 e. The van der Waals surface area contributed by atoms with Gasteiger partial charge in [0.05, 0.1) is 18.9 Å². The Bertz CT molecular complexity index is 858. The van der Waals surface area contributed by atoms with Gasteiger partial charge in [-0.05, 0) is 29.8 Å². The fourth-order valence-electron chi connectivity index (χ4n) is 3.17. The van der Waals surface area contributed by atoms with Gasteiger partial charge < -0.3 is 9.64 Å². The number of hydrazine groups is 1. The molecular formula is C20H19N3O3. The minimum Gasteiger partial charge on any atom is -0.378 e. The Hall–Kier alpha value is -3.12. The van der Waals surface area contributed by atoms with Crippen LogP contribution in [-0.2, 0) is 14.3 Å². The first-order valence-corrected chi connectivity index (χ1v) is 8.58. The number of nitrogens with zero attached hydrogens (tertiary/aromatic N) is 2. The van der Waals surface area contributed by atoms with E-state index in [1.807, 2.05) is 42.5 Å². The van der Waals surface area contributed by atoms with Gasteiger partial charge in [-0.1, -0.05) is 36.4 Å². The second kappa shape index (κ2) is 7.01. The Kier molecular flexibility index (Phi) is 4.41. The number of rotatable bonds is 3. The van der Waals surface area contributed by atoms with E-state index in [0.29, 0.717) is 18.9 Å². The summed E-state index contributed by atoms with van der Waals surface area (Å²) in [5.74, 6) is -0.742. The van der Waals surface area contributed by atoms with E-state index in [0.717, 1.165) is 24.3 Å². The topological polar surface area (TPSA) is 61.9 Å². The lowest BCUT2D eigenvalue weighted by atomic mass is 10.1. The molecule has 6 nitrogen and oxygen atoms in total. The highest BCUT2D eigenvalue weighted by molar-refractivity contribution is 6.31. The number of hydrogen-bond acceptors (Lipinski definition) is 4. The van der Waals surface area contributed by atoms with E-state index in [-0.39, 0.29) is 11.5 Å². The third-order valence-electron chi connectivity index (χ3n) is 4.49. The van der Waals surface area contributed by atoms with Crippen LogP contribution >= 0.6 is 0 Å². The molecule has 26 heavy (non-hydrogen) atoms. The van der Waals surface area contributed by atoms with Gasteiger partial charge in [0, 0.05) is 18.8 Å². The molecule has 0 bridgehead atoms. The highest BCUT2D eigenvalue weighted by Gasteiger charge is 2.34. The van der Waals surface area contributed by atoms with Crippen molar-refractivity contribution in [3.8, 4) is 0 Å². The fraction of sp³-hybridized carbons (Fsp3) is 0.200. The first kappa shape index (κ1) is 16.4. The quantitative estimate of drug-likeness (QED) is 0.680. The third kappa shape index (κ3) is 3.07. The fourth-order valence-corrected chi connectivity index (χ4v) is 3.17. The normalized spacial score (nSPS) is 19.2. The van der Waals surface area contributed by atoms with Gasteiger partial charge in [0.25, 0.3) is 11.8 Å². The molecule has 2 saturated heterocycles. The summed E-state index contributed by atoms with van der Waals surface area (Å²) in [6, 6.07) is 16.9. The lowest BCUT2D eigenvalue weighted by molar-refractivity contribution is -0.117. The molecule has 2 aromatic rings. The Labute approximate surface area is 151 Å². The molecule has 0 aromatic heterocycles. The molecule has 0 saturated carbocycles. The van der Waals surface area contributed by atoms with E-state index < -0.39 is 5.91 Å². The van der Waals surface area contributed by atoms with Crippen LogP contribution in [0.3, 0.4) is 0 Å². The number of amides is 2. The van der Waals surface area contributed by atoms with Crippen molar-refractivity contribution in [1.82, 2.24) is 5.43 Å². The lowest BCUT2D eigenvalue weighted by Crippen LogP contribution is -2.36. The van der Waals surface area contributed by atoms with Gasteiger partial charge in [0.15, 0.2) is 0 Å². The number of anilines is 2. The number of nitrogens with one attached hydrogen (secondary N) is 1. The van der Waals surface area contributed by atoms with Gasteiger partial charge >= 0.3 is 0 Å². The molecule has 0 unspecified atom stereocenters. The van der Waals surface area contributed by atoms with Crippen LogP contribution in [0.15, 0.2) is 60.2 Å². The zero-order chi connectivity index (χ0) is 17.9. The second-order valence-electron chi connectivity index (χ2n) is 6.13. The standard InChI is InChI=1S/C20H19N3O3/c24-19-17(20(25)23(21-19)16-7-2-1-3-8-16)14-15-6-4-5-9-18(15)22-10-12-26-13-11-22/h1-9,14H,10-13H2,(H,21,24)/b17-14+. The minimum absolute atomic E-state index is 0.134. The van der Waals surface area contributed by atoms with Crippen molar-refractivity contribution in [3.05, 3.63) is 65.7 Å². The van der Waals surface area contributed by atoms with Gasteiger partial charge in [0.1, 0.15) is 5.57 Å². The molecule has 2 amide bonds. The number of ether oxygens (including phenoxy) is 1. The molecule has 0 aliphatic carbocycles. The van der Waals surface area contributed by atoms with E-state index in [1.165, 1.54) is 5.01 Å². The first-order chi connectivity index (χ1) is 12.7. The van der Waals surface area contributed by atoms with Gasteiger partial charge in [0.2, 0.25) is 0 Å².